The van der Waals surface area contributed by atoms with Crippen LogP contribution in [-0.2, 0) is 11.2 Å². The zero-order valence-corrected chi connectivity index (χ0v) is 7.36. The van der Waals surface area contributed by atoms with E-state index < -0.39 is 11.9 Å². The smallest absolute Gasteiger partial charge is 0.308 e. The lowest BCUT2D eigenvalue weighted by atomic mass is 10.1. The molecule has 0 spiro atoms. The van der Waals surface area contributed by atoms with Crippen LogP contribution >= 0.6 is 0 Å². The van der Waals surface area contributed by atoms with E-state index >= 15 is 0 Å². The molecule has 0 aliphatic heterocycles. The fraction of sp³-hybridized carbons (Fsp3) is 0.500. The molecule has 1 atom stereocenters. The number of hydrogen-bond donors (Lipinski definition) is 2. The first-order chi connectivity index (χ1) is 6.13. The summed E-state index contributed by atoms with van der Waals surface area (Å²) in [5.41, 5.74) is 5.29. The number of aryl methyl sites for hydroxylation is 1. The molecule has 1 aromatic rings. The van der Waals surface area contributed by atoms with Crippen molar-refractivity contribution in [2.24, 2.45) is 11.7 Å². The minimum Gasteiger partial charge on any atom is -0.481 e. The third-order valence-corrected chi connectivity index (χ3v) is 1.75. The Labute approximate surface area is 75.6 Å². The maximum absolute atomic E-state index is 10.6. The van der Waals surface area contributed by atoms with Crippen LogP contribution in [0.25, 0.3) is 0 Å². The van der Waals surface area contributed by atoms with Crippen molar-refractivity contribution in [3.63, 3.8) is 0 Å². The molecule has 1 heterocycles. The number of nitrogens with zero attached hydrogens (tertiary/aromatic N) is 1. The van der Waals surface area contributed by atoms with Crippen molar-refractivity contribution < 1.29 is 14.3 Å². The molecule has 0 aliphatic rings. The fourth-order valence-electron chi connectivity index (χ4n) is 1.01. The van der Waals surface area contributed by atoms with Crippen molar-refractivity contribution in [1.82, 2.24) is 4.98 Å². The van der Waals surface area contributed by atoms with Crippen LogP contribution in [0.4, 0.5) is 0 Å². The molecular formula is C8H12N2O3. The summed E-state index contributed by atoms with van der Waals surface area (Å²) in [5, 5.41) is 8.70. The third kappa shape index (κ3) is 2.55. The van der Waals surface area contributed by atoms with E-state index in [4.69, 9.17) is 15.3 Å². The van der Waals surface area contributed by atoms with Gasteiger partial charge in [-0.25, -0.2) is 4.98 Å². The number of aromatic nitrogens is 1. The fourth-order valence-corrected chi connectivity index (χ4v) is 1.01. The molecule has 0 bridgehead atoms. The van der Waals surface area contributed by atoms with Gasteiger partial charge in [0.1, 0.15) is 5.76 Å². The summed E-state index contributed by atoms with van der Waals surface area (Å²) in [7, 11) is 0. The molecule has 13 heavy (non-hydrogen) atoms. The molecule has 5 nitrogen and oxygen atoms in total. The Morgan fingerprint density at radius 1 is 1.85 bits per heavy atom. The van der Waals surface area contributed by atoms with Crippen LogP contribution in [0.5, 0.6) is 0 Å². The van der Waals surface area contributed by atoms with E-state index in [9.17, 15) is 4.79 Å². The lowest BCUT2D eigenvalue weighted by molar-refractivity contribution is -0.141. The van der Waals surface area contributed by atoms with Crippen molar-refractivity contribution in [3.8, 4) is 0 Å². The van der Waals surface area contributed by atoms with E-state index in [1.54, 1.807) is 6.92 Å². The summed E-state index contributed by atoms with van der Waals surface area (Å²) in [6.07, 6.45) is 1.83. The van der Waals surface area contributed by atoms with Crippen molar-refractivity contribution in [1.29, 1.82) is 0 Å². The van der Waals surface area contributed by atoms with Crippen LogP contribution in [0.2, 0.25) is 0 Å². The van der Waals surface area contributed by atoms with Gasteiger partial charge in [0.05, 0.1) is 12.1 Å². The number of carbonyl (C=O) groups is 1. The molecule has 0 saturated heterocycles. The highest BCUT2D eigenvalue weighted by Gasteiger charge is 2.17. The summed E-state index contributed by atoms with van der Waals surface area (Å²) >= 11 is 0. The highest BCUT2D eigenvalue weighted by atomic mass is 16.4. The summed E-state index contributed by atoms with van der Waals surface area (Å²) in [5.74, 6) is -0.393. The van der Waals surface area contributed by atoms with E-state index in [0.717, 1.165) is 0 Å². The standard InChI is InChI=1S/C8H12N2O3/c1-5-10-4-7(13-5)2-6(3-9)8(11)12/h4,6H,2-3,9H2,1H3,(H,11,12). The van der Waals surface area contributed by atoms with Gasteiger partial charge in [-0.2, -0.15) is 0 Å². The average molecular weight is 184 g/mol. The van der Waals surface area contributed by atoms with Crippen molar-refractivity contribution in [3.05, 3.63) is 17.8 Å². The van der Waals surface area contributed by atoms with E-state index in [1.165, 1.54) is 6.20 Å². The summed E-state index contributed by atoms with van der Waals surface area (Å²) in [6, 6.07) is 0. The molecule has 0 saturated carbocycles. The van der Waals surface area contributed by atoms with Gasteiger partial charge in [0.2, 0.25) is 0 Å². The van der Waals surface area contributed by atoms with Gasteiger partial charge < -0.3 is 15.3 Å². The van der Waals surface area contributed by atoms with Crippen LogP contribution in [-0.4, -0.2) is 22.6 Å². The van der Waals surface area contributed by atoms with Gasteiger partial charge in [-0.05, 0) is 0 Å². The van der Waals surface area contributed by atoms with Crippen LogP contribution in [0, 0.1) is 12.8 Å². The Balaban J connectivity index is 2.61. The highest BCUT2D eigenvalue weighted by molar-refractivity contribution is 5.70. The van der Waals surface area contributed by atoms with E-state index in [0.29, 0.717) is 18.1 Å². The Hall–Kier alpha value is -1.36. The Morgan fingerprint density at radius 2 is 2.54 bits per heavy atom. The minimum atomic E-state index is -0.906. The zero-order valence-electron chi connectivity index (χ0n) is 7.36. The van der Waals surface area contributed by atoms with Crippen molar-refractivity contribution in [2.75, 3.05) is 6.54 Å². The number of nitrogens with two attached hydrogens (primary N) is 1. The Morgan fingerprint density at radius 3 is 2.92 bits per heavy atom. The molecule has 5 heteroatoms. The minimum absolute atomic E-state index is 0.106. The normalized spacial score (nSPS) is 12.8. The summed E-state index contributed by atoms with van der Waals surface area (Å²) < 4.78 is 5.14. The molecule has 1 aromatic heterocycles. The second-order valence-corrected chi connectivity index (χ2v) is 2.82. The SMILES string of the molecule is Cc1ncc(CC(CN)C(=O)O)o1. The first kappa shape index (κ1) is 9.73. The number of aliphatic carboxylic acids is 1. The number of rotatable bonds is 4. The lowest BCUT2D eigenvalue weighted by Gasteiger charge is -2.05. The van der Waals surface area contributed by atoms with E-state index in [2.05, 4.69) is 4.98 Å². The van der Waals surface area contributed by atoms with Gasteiger partial charge in [0.15, 0.2) is 5.89 Å². The first-order valence-electron chi connectivity index (χ1n) is 3.97. The van der Waals surface area contributed by atoms with Crippen LogP contribution < -0.4 is 5.73 Å². The van der Waals surface area contributed by atoms with Crippen LogP contribution in [0.3, 0.4) is 0 Å². The van der Waals surface area contributed by atoms with Gasteiger partial charge >= 0.3 is 5.97 Å². The quantitative estimate of drug-likeness (QED) is 0.697. The van der Waals surface area contributed by atoms with Gasteiger partial charge in [-0.3, -0.25) is 4.79 Å². The summed E-state index contributed by atoms with van der Waals surface area (Å²) in [4.78, 5) is 14.5. The largest absolute Gasteiger partial charge is 0.481 e. The van der Waals surface area contributed by atoms with Crippen molar-refractivity contribution in [2.45, 2.75) is 13.3 Å². The molecule has 1 rings (SSSR count). The molecule has 0 aliphatic carbocycles. The number of oxazole rings is 1. The highest BCUT2D eigenvalue weighted by Crippen LogP contribution is 2.09. The van der Waals surface area contributed by atoms with E-state index in [-0.39, 0.29) is 6.54 Å². The molecule has 0 aromatic carbocycles. The molecule has 3 N–H and O–H groups in total. The molecule has 0 fully saturated rings. The molecule has 72 valence electrons. The summed E-state index contributed by atoms with van der Waals surface area (Å²) in [6.45, 7) is 1.82. The van der Waals surface area contributed by atoms with Crippen LogP contribution in [0.1, 0.15) is 11.7 Å². The molecule has 1 unspecified atom stereocenters. The van der Waals surface area contributed by atoms with Gasteiger partial charge in [0, 0.05) is 19.9 Å². The van der Waals surface area contributed by atoms with Gasteiger partial charge in [0.25, 0.3) is 0 Å². The maximum Gasteiger partial charge on any atom is 0.308 e. The predicted octanol–water partition coefficient (Wildman–Crippen LogP) is 0.185. The lowest BCUT2D eigenvalue weighted by Crippen LogP contribution is -2.25. The molecule has 0 amide bonds. The van der Waals surface area contributed by atoms with Crippen LogP contribution in [0.15, 0.2) is 10.6 Å². The predicted molar refractivity (Wildman–Crippen MR) is 45.1 cm³/mol. The topological polar surface area (TPSA) is 89.3 Å². The molecular weight excluding hydrogens is 172 g/mol. The Bertz CT molecular complexity index is 295. The number of carboxylic acid groups (broad SMARTS) is 1. The monoisotopic (exact) mass is 184 g/mol. The second kappa shape index (κ2) is 4.04. The second-order valence-electron chi connectivity index (χ2n) is 2.82. The number of hydrogen-bond acceptors (Lipinski definition) is 4. The van der Waals surface area contributed by atoms with Gasteiger partial charge in [-0.15, -0.1) is 0 Å². The number of carboxylic acids is 1. The Kier molecular flexibility index (Phi) is 3.02. The van der Waals surface area contributed by atoms with Gasteiger partial charge in [-0.1, -0.05) is 0 Å². The first-order valence-corrected chi connectivity index (χ1v) is 3.97. The van der Waals surface area contributed by atoms with E-state index in [1.807, 2.05) is 0 Å². The average Bonchev–Trinajstić information content (AvgIpc) is 2.46. The zero-order chi connectivity index (χ0) is 9.84. The van der Waals surface area contributed by atoms with Crippen molar-refractivity contribution >= 4 is 5.97 Å². The molecule has 0 radical (unpaired) electrons. The third-order valence-electron chi connectivity index (χ3n) is 1.75. The maximum atomic E-state index is 10.6.